The van der Waals surface area contributed by atoms with Gasteiger partial charge in [-0.05, 0) is 49.0 Å². The lowest BCUT2D eigenvalue weighted by atomic mass is 10.1. The molecule has 2 rings (SSSR count). The molecule has 0 fully saturated rings. The molecule has 0 aliphatic rings. The Bertz CT molecular complexity index is 520. The summed E-state index contributed by atoms with van der Waals surface area (Å²) in [5, 5.41) is 5.01. The van der Waals surface area contributed by atoms with Crippen molar-refractivity contribution in [1.29, 1.82) is 0 Å². The van der Waals surface area contributed by atoms with E-state index in [1.807, 2.05) is 48.7 Å². The van der Waals surface area contributed by atoms with Gasteiger partial charge in [0.25, 0.3) is 5.91 Å². The Balaban J connectivity index is 1.99. The predicted molar refractivity (Wildman–Crippen MR) is 79.4 cm³/mol. The van der Waals surface area contributed by atoms with E-state index in [4.69, 9.17) is 5.73 Å². The minimum absolute atomic E-state index is 0.0382. The average Bonchev–Trinajstić information content (AvgIpc) is 2.94. The lowest BCUT2D eigenvalue weighted by Crippen LogP contribution is -2.26. The molecule has 1 aromatic carbocycles. The maximum Gasteiger partial charge on any atom is 0.251 e. The molecule has 1 heterocycles. The number of amides is 1. The normalized spacial score (nSPS) is 12.1. The number of nitrogens with one attached hydrogen (secondary N) is 1. The number of carbonyl (C=O) groups excluding carboxylic acids is 1. The quantitative estimate of drug-likeness (QED) is 0.881. The SMILES string of the molecule is C[C@@H](NC(=O)c1ccc(CCN)cc1)c1cccs1. The summed E-state index contributed by atoms with van der Waals surface area (Å²) >= 11 is 1.65. The number of carbonyl (C=O) groups is 1. The van der Waals surface area contributed by atoms with E-state index in [0.717, 1.165) is 16.9 Å². The predicted octanol–water partition coefficient (Wildman–Crippen LogP) is 2.74. The fourth-order valence-electron chi connectivity index (χ4n) is 1.88. The largest absolute Gasteiger partial charge is 0.345 e. The summed E-state index contributed by atoms with van der Waals surface area (Å²) in [6.45, 7) is 2.62. The second kappa shape index (κ2) is 6.50. The highest BCUT2D eigenvalue weighted by molar-refractivity contribution is 7.10. The van der Waals surface area contributed by atoms with Gasteiger partial charge in [-0.2, -0.15) is 0 Å². The molecule has 0 saturated heterocycles. The van der Waals surface area contributed by atoms with Crippen LogP contribution in [0, 0.1) is 0 Å². The average molecular weight is 274 g/mol. The molecule has 100 valence electrons. The van der Waals surface area contributed by atoms with Gasteiger partial charge in [0.15, 0.2) is 0 Å². The van der Waals surface area contributed by atoms with Crippen molar-refractivity contribution in [3.05, 3.63) is 57.8 Å². The molecule has 0 radical (unpaired) electrons. The Labute approximate surface area is 117 Å². The van der Waals surface area contributed by atoms with Gasteiger partial charge in [-0.3, -0.25) is 4.79 Å². The number of benzene rings is 1. The van der Waals surface area contributed by atoms with Gasteiger partial charge >= 0.3 is 0 Å². The van der Waals surface area contributed by atoms with Gasteiger partial charge in [0.1, 0.15) is 0 Å². The maximum atomic E-state index is 12.1. The summed E-state index contributed by atoms with van der Waals surface area (Å²) < 4.78 is 0. The molecule has 4 heteroatoms. The van der Waals surface area contributed by atoms with Crippen LogP contribution in [0.2, 0.25) is 0 Å². The molecular weight excluding hydrogens is 256 g/mol. The van der Waals surface area contributed by atoms with E-state index in [-0.39, 0.29) is 11.9 Å². The molecule has 1 aromatic heterocycles. The van der Waals surface area contributed by atoms with Crippen molar-refractivity contribution >= 4 is 17.2 Å². The number of hydrogen-bond donors (Lipinski definition) is 2. The third-order valence-corrected chi connectivity index (χ3v) is 4.02. The Morgan fingerprint density at radius 1 is 1.32 bits per heavy atom. The third kappa shape index (κ3) is 3.66. The summed E-state index contributed by atoms with van der Waals surface area (Å²) in [6, 6.07) is 11.7. The van der Waals surface area contributed by atoms with Gasteiger partial charge < -0.3 is 11.1 Å². The fraction of sp³-hybridized carbons (Fsp3) is 0.267. The van der Waals surface area contributed by atoms with Crippen molar-refractivity contribution in [1.82, 2.24) is 5.32 Å². The van der Waals surface area contributed by atoms with E-state index in [1.165, 1.54) is 0 Å². The zero-order valence-corrected chi connectivity index (χ0v) is 11.7. The second-order valence-corrected chi connectivity index (χ2v) is 5.43. The van der Waals surface area contributed by atoms with Crippen molar-refractivity contribution in [3.63, 3.8) is 0 Å². The first-order chi connectivity index (χ1) is 9.20. The van der Waals surface area contributed by atoms with Gasteiger partial charge in [-0.15, -0.1) is 11.3 Å². The fourth-order valence-corrected chi connectivity index (χ4v) is 2.61. The van der Waals surface area contributed by atoms with Crippen LogP contribution in [-0.2, 0) is 6.42 Å². The third-order valence-electron chi connectivity index (χ3n) is 2.97. The minimum Gasteiger partial charge on any atom is -0.345 e. The van der Waals surface area contributed by atoms with Gasteiger partial charge in [-0.1, -0.05) is 18.2 Å². The number of hydrogen-bond acceptors (Lipinski definition) is 3. The van der Waals surface area contributed by atoms with Crippen LogP contribution in [0.5, 0.6) is 0 Å². The topological polar surface area (TPSA) is 55.1 Å². The van der Waals surface area contributed by atoms with Crippen LogP contribution < -0.4 is 11.1 Å². The number of thiophene rings is 1. The Morgan fingerprint density at radius 2 is 2.05 bits per heavy atom. The monoisotopic (exact) mass is 274 g/mol. The highest BCUT2D eigenvalue weighted by Gasteiger charge is 2.11. The molecule has 0 bridgehead atoms. The molecule has 0 aliphatic heterocycles. The van der Waals surface area contributed by atoms with Crippen molar-refractivity contribution in [3.8, 4) is 0 Å². The summed E-state index contributed by atoms with van der Waals surface area (Å²) in [6.07, 6.45) is 0.841. The van der Waals surface area contributed by atoms with E-state index in [1.54, 1.807) is 11.3 Å². The van der Waals surface area contributed by atoms with E-state index < -0.39 is 0 Å². The van der Waals surface area contributed by atoms with Crippen molar-refractivity contribution in [2.75, 3.05) is 6.54 Å². The summed E-state index contributed by atoms with van der Waals surface area (Å²) in [7, 11) is 0. The lowest BCUT2D eigenvalue weighted by molar-refractivity contribution is 0.0940. The van der Waals surface area contributed by atoms with Crippen molar-refractivity contribution in [2.24, 2.45) is 5.73 Å². The highest BCUT2D eigenvalue weighted by atomic mass is 32.1. The Hall–Kier alpha value is -1.65. The first-order valence-electron chi connectivity index (χ1n) is 6.34. The molecule has 1 amide bonds. The van der Waals surface area contributed by atoms with Gasteiger partial charge in [0, 0.05) is 10.4 Å². The van der Waals surface area contributed by atoms with Crippen LogP contribution in [0.25, 0.3) is 0 Å². The summed E-state index contributed by atoms with van der Waals surface area (Å²) in [5.74, 6) is -0.0415. The Kier molecular flexibility index (Phi) is 4.71. The molecule has 3 nitrogen and oxygen atoms in total. The maximum absolute atomic E-state index is 12.1. The van der Waals surface area contributed by atoms with E-state index in [9.17, 15) is 4.79 Å². The standard InChI is InChI=1S/C15H18N2OS/c1-11(14-3-2-10-19-14)17-15(18)13-6-4-12(5-7-13)8-9-16/h2-7,10-11H,8-9,16H2,1H3,(H,17,18)/t11-/m1/s1. The first kappa shape index (κ1) is 13.8. The van der Waals surface area contributed by atoms with Gasteiger partial charge in [0.2, 0.25) is 0 Å². The molecule has 0 spiro atoms. The molecule has 2 aromatic rings. The molecule has 0 unspecified atom stereocenters. The smallest absolute Gasteiger partial charge is 0.251 e. The molecule has 0 aliphatic carbocycles. The number of rotatable bonds is 5. The van der Waals surface area contributed by atoms with Gasteiger partial charge in [0.05, 0.1) is 6.04 Å². The van der Waals surface area contributed by atoms with Crippen LogP contribution in [0.3, 0.4) is 0 Å². The lowest BCUT2D eigenvalue weighted by Gasteiger charge is -2.12. The summed E-state index contributed by atoms with van der Waals surface area (Å²) in [5.41, 5.74) is 7.34. The van der Waals surface area contributed by atoms with Crippen molar-refractivity contribution < 1.29 is 4.79 Å². The molecule has 0 saturated carbocycles. The highest BCUT2D eigenvalue weighted by Crippen LogP contribution is 2.18. The molecule has 19 heavy (non-hydrogen) atoms. The zero-order chi connectivity index (χ0) is 13.7. The molecule has 3 N–H and O–H groups in total. The Morgan fingerprint density at radius 3 is 2.63 bits per heavy atom. The van der Waals surface area contributed by atoms with Crippen LogP contribution >= 0.6 is 11.3 Å². The zero-order valence-electron chi connectivity index (χ0n) is 10.9. The number of nitrogens with two attached hydrogens (primary N) is 1. The summed E-state index contributed by atoms with van der Waals surface area (Å²) in [4.78, 5) is 13.2. The second-order valence-electron chi connectivity index (χ2n) is 4.45. The van der Waals surface area contributed by atoms with E-state index in [2.05, 4.69) is 5.32 Å². The van der Waals surface area contributed by atoms with E-state index >= 15 is 0 Å². The van der Waals surface area contributed by atoms with Crippen LogP contribution in [-0.4, -0.2) is 12.5 Å². The van der Waals surface area contributed by atoms with Crippen LogP contribution in [0.4, 0.5) is 0 Å². The van der Waals surface area contributed by atoms with Crippen LogP contribution in [0.15, 0.2) is 41.8 Å². The van der Waals surface area contributed by atoms with Crippen LogP contribution in [0.1, 0.15) is 33.8 Å². The molecular formula is C15H18N2OS. The van der Waals surface area contributed by atoms with Gasteiger partial charge in [-0.25, -0.2) is 0 Å². The first-order valence-corrected chi connectivity index (χ1v) is 7.22. The van der Waals surface area contributed by atoms with E-state index in [0.29, 0.717) is 12.1 Å². The minimum atomic E-state index is -0.0415. The molecule has 1 atom stereocenters. The van der Waals surface area contributed by atoms with Crippen molar-refractivity contribution in [2.45, 2.75) is 19.4 Å².